The summed E-state index contributed by atoms with van der Waals surface area (Å²) in [6, 6.07) is 6.08. The standard InChI is InChI=1S/C28H36FN5O3/c1-17-26(18(2)31-16-30-17)28(37)34-14-20-12-33(13-21(20)15-34)10-9-24(19-5-3-6-22(29)11-19)32-27(36)23-7-4-8-25(23)35/h3,5-6,11,16,20-21,23-25,35H,4,7-10,12-15H2,1-2H3,(H,32,36)/t20?,21?,23?,24-,25?/m0/s1. The van der Waals surface area contributed by atoms with Crippen LogP contribution >= 0.6 is 0 Å². The minimum absolute atomic E-state index is 0.0135. The first-order valence-corrected chi connectivity index (χ1v) is 13.3. The molecule has 9 heteroatoms. The Labute approximate surface area is 217 Å². The van der Waals surface area contributed by atoms with Crippen LogP contribution in [0.25, 0.3) is 0 Å². The summed E-state index contributed by atoms with van der Waals surface area (Å²) >= 11 is 0. The molecule has 0 radical (unpaired) electrons. The summed E-state index contributed by atoms with van der Waals surface area (Å²) in [6.07, 6.45) is 3.72. The summed E-state index contributed by atoms with van der Waals surface area (Å²) in [7, 11) is 0. The number of aliphatic hydroxyl groups excluding tert-OH is 1. The molecule has 3 aliphatic rings. The average Bonchev–Trinajstić information content (AvgIpc) is 3.56. The number of hydrogen-bond donors (Lipinski definition) is 2. The molecular weight excluding hydrogens is 473 g/mol. The lowest BCUT2D eigenvalue weighted by Crippen LogP contribution is -2.39. The third-order valence-corrected chi connectivity index (χ3v) is 8.41. The third-order valence-electron chi connectivity index (χ3n) is 8.41. The Morgan fingerprint density at radius 3 is 2.43 bits per heavy atom. The Balaban J connectivity index is 1.19. The molecule has 2 aromatic rings. The molecule has 4 unspecified atom stereocenters. The number of rotatable bonds is 7. The van der Waals surface area contributed by atoms with E-state index in [1.807, 2.05) is 24.8 Å². The summed E-state index contributed by atoms with van der Waals surface area (Å²) in [5, 5.41) is 13.3. The van der Waals surface area contributed by atoms with Crippen LogP contribution in [-0.2, 0) is 4.79 Å². The maximum atomic E-state index is 14.0. The van der Waals surface area contributed by atoms with Gasteiger partial charge in [0.1, 0.15) is 12.1 Å². The number of nitrogens with zero attached hydrogens (tertiary/aromatic N) is 4. The van der Waals surface area contributed by atoms with Crippen LogP contribution in [0, 0.1) is 37.4 Å². The molecule has 2 N–H and O–H groups in total. The number of halogens is 1. The molecule has 0 bridgehead atoms. The van der Waals surface area contributed by atoms with E-state index in [9.17, 15) is 19.1 Å². The van der Waals surface area contributed by atoms with Crippen molar-refractivity contribution in [2.45, 2.75) is 51.7 Å². The SMILES string of the molecule is Cc1ncnc(C)c1C(=O)N1CC2CN(CC[C@H](NC(=O)C3CCCC3O)c3cccc(F)c3)CC2C1. The van der Waals surface area contributed by atoms with Gasteiger partial charge in [0.05, 0.1) is 35.0 Å². The van der Waals surface area contributed by atoms with Gasteiger partial charge in [-0.3, -0.25) is 9.59 Å². The highest BCUT2D eigenvalue weighted by Crippen LogP contribution is 2.33. The topological polar surface area (TPSA) is 98.7 Å². The molecule has 37 heavy (non-hydrogen) atoms. The van der Waals surface area contributed by atoms with Crippen molar-refractivity contribution < 1.29 is 19.1 Å². The number of aliphatic hydroxyl groups is 1. The van der Waals surface area contributed by atoms with Gasteiger partial charge < -0.3 is 20.2 Å². The Morgan fingerprint density at radius 2 is 1.81 bits per heavy atom. The van der Waals surface area contributed by atoms with E-state index in [2.05, 4.69) is 20.2 Å². The summed E-state index contributed by atoms with van der Waals surface area (Å²) < 4.78 is 14.0. The maximum absolute atomic E-state index is 14.0. The van der Waals surface area contributed by atoms with Crippen molar-refractivity contribution in [1.29, 1.82) is 0 Å². The van der Waals surface area contributed by atoms with Crippen LogP contribution in [0.15, 0.2) is 30.6 Å². The molecular formula is C28H36FN5O3. The fourth-order valence-electron chi connectivity index (χ4n) is 6.38. The predicted octanol–water partition coefficient (Wildman–Crippen LogP) is 2.64. The molecule has 2 saturated heterocycles. The lowest BCUT2D eigenvalue weighted by Gasteiger charge is -2.26. The van der Waals surface area contributed by atoms with E-state index >= 15 is 0 Å². The van der Waals surface area contributed by atoms with E-state index in [4.69, 9.17) is 0 Å². The maximum Gasteiger partial charge on any atom is 0.257 e. The van der Waals surface area contributed by atoms with Crippen molar-refractivity contribution in [3.8, 4) is 0 Å². The fourth-order valence-corrected chi connectivity index (χ4v) is 6.38. The van der Waals surface area contributed by atoms with Crippen molar-refractivity contribution in [3.05, 3.63) is 58.9 Å². The number of benzene rings is 1. The quantitative estimate of drug-likeness (QED) is 0.596. The van der Waals surface area contributed by atoms with Gasteiger partial charge in [0.15, 0.2) is 0 Å². The number of aromatic nitrogens is 2. The van der Waals surface area contributed by atoms with Gasteiger partial charge in [-0.15, -0.1) is 0 Å². The van der Waals surface area contributed by atoms with E-state index in [1.165, 1.54) is 18.5 Å². The molecule has 5 rings (SSSR count). The summed E-state index contributed by atoms with van der Waals surface area (Å²) in [5.74, 6) is -0.0443. The number of carbonyl (C=O) groups excluding carboxylic acids is 2. The van der Waals surface area contributed by atoms with E-state index in [0.29, 0.717) is 48.0 Å². The summed E-state index contributed by atoms with van der Waals surface area (Å²) in [4.78, 5) is 38.8. The second kappa shape index (κ2) is 10.8. The van der Waals surface area contributed by atoms with Gasteiger partial charge in [0.25, 0.3) is 5.91 Å². The number of hydrogen-bond acceptors (Lipinski definition) is 6. The van der Waals surface area contributed by atoms with Crippen LogP contribution < -0.4 is 5.32 Å². The highest BCUT2D eigenvalue weighted by atomic mass is 19.1. The molecule has 2 amide bonds. The van der Waals surface area contributed by atoms with Crippen LogP contribution in [0.1, 0.15) is 59.0 Å². The molecule has 1 aliphatic carbocycles. The highest BCUT2D eigenvalue weighted by Gasteiger charge is 2.42. The molecule has 5 atom stereocenters. The fraction of sp³-hybridized carbons (Fsp3) is 0.571. The van der Waals surface area contributed by atoms with Crippen molar-refractivity contribution in [3.63, 3.8) is 0 Å². The third kappa shape index (κ3) is 5.52. The van der Waals surface area contributed by atoms with E-state index in [0.717, 1.165) is 44.7 Å². The Bertz CT molecular complexity index is 1130. The molecule has 2 aliphatic heterocycles. The molecule has 3 fully saturated rings. The zero-order valence-electron chi connectivity index (χ0n) is 21.6. The van der Waals surface area contributed by atoms with Crippen LogP contribution in [0.3, 0.4) is 0 Å². The lowest BCUT2D eigenvalue weighted by molar-refractivity contribution is -0.128. The molecule has 198 valence electrons. The van der Waals surface area contributed by atoms with Gasteiger partial charge in [-0.25, -0.2) is 14.4 Å². The average molecular weight is 510 g/mol. The molecule has 3 heterocycles. The molecule has 1 saturated carbocycles. The first-order chi connectivity index (χ1) is 17.8. The zero-order chi connectivity index (χ0) is 26.1. The monoisotopic (exact) mass is 509 g/mol. The minimum Gasteiger partial charge on any atom is -0.392 e. The van der Waals surface area contributed by atoms with Crippen molar-refractivity contribution in [1.82, 2.24) is 25.1 Å². The number of amides is 2. The van der Waals surface area contributed by atoms with Gasteiger partial charge >= 0.3 is 0 Å². The van der Waals surface area contributed by atoms with Gasteiger partial charge in [0, 0.05) is 32.7 Å². The minimum atomic E-state index is -0.605. The van der Waals surface area contributed by atoms with Crippen molar-refractivity contribution >= 4 is 11.8 Å². The molecule has 0 spiro atoms. The van der Waals surface area contributed by atoms with E-state index < -0.39 is 12.0 Å². The predicted molar refractivity (Wildman–Crippen MR) is 136 cm³/mol. The number of carbonyl (C=O) groups is 2. The van der Waals surface area contributed by atoms with Gasteiger partial charge in [0.2, 0.25) is 5.91 Å². The normalized spacial score (nSPS) is 26.3. The molecule has 1 aromatic carbocycles. The van der Waals surface area contributed by atoms with Gasteiger partial charge in [-0.2, -0.15) is 0 Å². The smallest absolute Gasteiger partial charge is 0.257 e. The van der Waals surface area contributed by atoms with E-state index in [1.54, 1.807) is 6.07 Å². The van der Waals surface area contributed by atoms with Gasteiger partial charge in [-0.1, -0.05) is 12.1 Å². The summed E-state index contributed by atoms with van der Waals surface area (Å²) in [6.45, 7) is 7.68. The van der Waals surface area contributed by atoms with Crippen molar-refractivity contribution in [2.24, 2.45) is 17.8 Å². The number of likely N-dealkylation sites (tertiary alicyclic amines) is 2. The second-order valence-corrected chi connectivity index (χ2v) is 10.9. The van der Waals surface area contributed by atoms with E-state index in [-0.39, 0.29) is 23.7 Å². The first-order valence-electron chi connectivity index (χ1n) is 13.3. The number of fused-ring (bicyclic) bond motifs is 1. The van der Waals surface area contributed by atoms with Crippen LogP contribution in [0.2, 0.25) is 0 Å². The number of nitrogens with one attached hydrogen (secondary N) is 1. The van der Waals surface area contributed by atoms with Crippen LogP contribution in [0.4, 0.5) is 4.39 Å². The largest absolute Gasteiger partial charge is 0.392 e. The van der Waals surface area contributed by atoms with Crippen LogP contribution in [0.5, 0.6) is 0 Å². The number of aryl methyl sites for hydroxylation is 2. The second-order valence-electron chi connectivity index (χ2n) is 10.9. The Hall–Kier alpha value is -2.91. The Kier molecular flexibility index (Phi) is 7.53. The highest BCUT2D eigenvalue weighted by molar-refractivity contribution is 5.96. The zero-order valence-corrected chi connectivity index (χ0v) is 21.6. The van der Waals surface area contributed by atoms with Gasteiger partial charge in [-0.05, 0) is 69.1 Å². The lowest BCUT2D eigenvalue weighted by atomic mass is 10.00. The molecule has 1 aromatic heterocycles. The molecule has 8 nitrogen and oxygen atoms in total. The Morgan fingerprint density at radius 1 is 1.11 bits per heavy atom. The van der Waals surface area contributed by atoms with Crippen LogP contribution in [-0.4, -0.2) is 75.5 Å². The first kappa shape index (κ1) is 25.7. The summed E-state index contributed by atoms with van der Waals surface area (Å²) in [5.41, 5.74) is 2.78. The van der Waals surface area contributed by atoms with Crippen molar-refractivity contribution in [2.75, 3.05) is 32.7 Å².